The molecule has 0 fully saturated rings. The van der Waals surface area contributed by atoms with Crippen LogP contribution in [0.3, 0.4) is 0 Å². The molecule has 0 atom stereocenters. The van der Waals surface area contributed by atoms with Crippen LogP contribution in [0.25, 0.3) is 0 Å². The minimum absolute atomic E-state index is 0.143. The van der Waals surface area contributed by atoms with E-state index in [-0.39, 0.29) is 6.03 Å². The lowest BCUT2D eigenvalue weighted by atomic mass is 10.3. The van der Waals surface area contributed by atoms with Gasteiger partial charge in [-0.05, 0) is 35.7 Å². The van der Waals surface area contributed by atoms with Gasteiger partial charge in [0.25, 0.3) is 0 Å². The van der Waals surface area contributed by atoms with E-state index in [0.29, 0.717) is 13.1 Å². The van der Waals surface area contributed by atoms with E-state index < -0.39 is 0 Å². The first-order chi connectivity index (χ1) is 10.8. The highest BCUT2D eigenvalue weighted by Crippen LogP contribution is 2.16. The number of hydrogen-bond donors (Lipinski definition) is 1. The lowest BCUT2D eigenvalue weighted by molar-refractivity contribution is 0.202. The summed E-state index contributed by atoms with van der Waals surface area (Å²) in [6.45, 7) is 0.987. The second-order valence-corrected chi connectivity index (χ2v) is 5.84. The van der Waals surface area contributed by atoms with E-state index >= 15 is 0 Å². The van der Waals surface area contributed by atoms with Crippen molar-refractivity contribution in [2.45, 2.75) is 13.1 Å². The van der Waals surface area contributed by atoms with Gasteiger partial charge in [-0.25, -0.2) is 4.79 Å². The van der Waals surface area contributed by atoms with E-state index in [0.717, 1.165) is 16.3 Å². The Bertz CT molecular complexity index is 657. The first-order valence-electron chi connectivity index (χ1n) is 6.97. The normalized spacial score (nSPS) is 10.4. The van der Waals surface area contributed by atoms with Gasteiger partial charge >= 0.3 is 6.03 Å². The monoisotopic (exact) mass is 312 g/mol. The number of thiophene rings is 1. The van der Waals surface area contributed by atoms with Gasteiger partial charge in [0.1, 0.15) is 5.76 Å². The van der Waals surface area contributed by atoms with E-state index in [1.807, 2.05) is 60.0 Å². The van der Waals surface area contributed by atoms with E-state index in [9.17, 15) is 4.79 Å². The van der Waals surface area contributed by atoms with Crippen molar-refractivity contribution in [1.82, 2.24) is 4.90 Å². The van der Waals surface area contributed by atoms with Crippen molar-refractivity contribution in [2.24, 2.45) is 0 Å². The Hall–Kier alpha value is -2.53. The number of para-hydroxylation sites is 1. The SMILES string of the molecule is O=C(Nc1ccccc1)N(Cc1ccco1)Cc1cccs1. The van der Waals surface area contributed by atoms with Gasteiger partial charge in [-0.1, -0.05) is 24.3 Å². The van der Waals surface area contributed by atoms with Gasteiger partial charge in [0.2, 0.25) is 0 Å². The maximum atomic E-state index is 12.5. The molecule has 3 aromatic rings. The molecule has 4 nitrogen and oxygen atoms in total. The summed E-state index contributed by atoms with van der Waals surface area (Å²) in [7, 11) is 0. The molecule has 0 spiro atoms. The van der Waals surface area contributed by atoms with Crippen LogP contribution in [-0.4, -0.2) is 10.9 Å². The second kappa shape index (κ2) is 6.95. The summed E-state index contributed by atoms with van der Waals surface area (Å²) in [5.74, 6) is 0.764. The molecular weight excluding hydrogens is 296 g/mol. The Morgan fingerprint density at radius 3 is 2.59 bits per heavy atom. The molecule has 0 aliphatic rings. The van der Waals surface area contributed by atoms with Crippen molar-refractivity contribution >= 4 is 23.1 Å². The number of anilines is 1. The Morgan fingerprint density at radius 2 is 1.91 bits per heavy atom. The standard InChI is InChI=1S/C17H16N2O2S/c20-17(18-14-6-2-1-3-7-14)19(12-15-8-4-10-21-15)13-16-9-5-11-22-16/h1-11H,12-13H2,(H,18,20). The third-order valence-electron chi connectivity index (χ3n) is 3.17. The molecule has 0 saturated heterocycles. The van der Waals surface area contributed by atoms with Crippen molar-refractivity contribution in [3.63, 3.8) is 0 Å². The number of furan rings is 1. The number of amides is 2. The molecule has 3 rings (SSSR count). The molecule has 2 amide bonds. The second-order valence-electron chi connectivity index (χ2n) is 4.81. The summed E-state index contributed by atoms with van der Waals surface area (Å²) < 4.78 is 5.37. The largest absolute Gasteiger partial charge is 0.467 e. The molecule has 112 valence electrons. The van der Waals surface area contributed by atoms with Gasteiger partial charge in [-0.2, -0.15) is 0 Å². The van der Waals surface area contributed by atoms with Gasteiger partial charge in [-0.3, -0.25) is 0 Å². The van der Waals surface area contributed by atoms with E-state index in [2.05, 4.69) is 5.32 Å². The summed E-state index contributed by atoms with van der Waals surface area (Å²) in [5.41, 5.74) is 0.781. The fourth-order valence-electron chi connectivity index (χ4n) is 2.10. The van der Waals surface area contributed by atoms with Gasteiger partial charge in [0.15, 0.2) is 0 Å². The quantitative estimate of drug-likeness (QED) is 0.749. The Labute approximate surface area is 133 Å². The van der Waals surface area contributed by atoms with Crippen molar-refractivity contribution in [2.75, 3.05) is 5.32 Å². The van der Waals surface area contributed by atoms with Crippen LogP contribution in [0.5, 0.6) is 0 Å². The Morgan fingerprint density at radius 1 is 1.05 bits per heavy atom. The van der Waals surface area contributed by atoms with Gasteiger partial charge in [0, 0.05) is 10.6 Å². The number of carbonyl (C=O) groups is 1. The zero-order chi connectivity index (χ0) is 15.2. The highest BCUT2D eigenvalue weighted by atomic mass is 32.1. The first-order valence-corrected chi connectivity index (χ1v) is 7.85. The third-order valence-corrected chi connectivity index (χ3v) is 4.03. The molecule has 0 radical (unpaired) electrons. The van der Waals surface area contributed by atoms with Crippen LogP contribution in [0, 0.1) is 0 Å². The predicted molar refractivity (Wildman–Crippen MR) is 87.7 cm³/mol. The molecule has 5 heteroatoms. The van der Waals surface area contributed by atoms with Crippen molar-refractivity contribution in [3.05, 3.63) is 76.9 Å². The van der Waals surface area contributed by atoms with Gasteiger partial charge in [-0.15, -0.1) is 11.3 Å². The van der Waals surface area contributed by atoms with Gasteiger partial charge < -0.3 is 14.6 Å². The smallest absolute Gasteiger partial charge is 0.322 e. The van der Waals surface area contributed by atoms with E-state index in [1.165, 1.54) is 0 Å². The fraction of sp³-hybridized carbons (Fsp3) is 0.118. The molecule has 0 bridgehead atoms. The molecular formula is C17H16N2O2S. The molecule has 2 heterocycles. The molecule has 2 aromatic heterocycles. The maximum Gasteiger partial charge on any atom is 0.322 e. The van der Waals surface area contributed by atoms with E-state index in [1.54, 1.807) is 22.5 Å². The average molecular weight is 312 g/mol. The minimum atomic E-state index is -0.143. The van der Waals surface area contributed by atoms with Crippen LogP contribution < -0.4 is 5.32 Å². The zero-order valence-corrected chi connectivity index (χ0v) is 12.8. The summed E-state index contributed by atoms with van der Waals surface area (Å²) in [4.78, 5) is 15.4. The predicted octanol–water partition coefficient (Wildman–Crippen LogP) is 4.58. The Kier molecular flexibility index (Phi) is 4.56. The van der Waals surface area contributed by atoms with Crippen molar-refractivity contribution in [3.8, 4) is 0 Å². The van der Waals surface area contributed by atoms with Crippen molar-refractivity contribution < 1.29 is 9.21 Å². The van der Waals surface area contributed by atoms with Crippen LogP contribution in [0.4, 0.5) is 10.5 Å². The summed E-state index contributed by atoms with van der Waals surface area (Å²) in [6.07, 6.45) is 1.62. The lowest BCUT2D eigenvalue weighted by Crippen LogP contribution is -2.33. The number of carbonyl (C=O) groups excluding carboxylic acids is 1. The lowest BCUT2D eigenvalue weighted by Gasteiger charge is -2.21. The average Bonchev–Trinajstić information content (AvgIpc) is 3.21. The molecule has 0 saturated carbocycles. The first kappa shape index (κ1) is 14.4. The number of urea groups is 1. The number of rotatable bonds is 5. The molecule has 0 aliphatic heterocycles. The highest BCUT2D eigenvalue weighted by molar-refractivity contribution is 7.09. The van der Waals surface area contributed by atoms with Crippen molar-refractivity contribution in [1.29, 1.82) is 0 Å². The van der Waals surface area contributed by atoms with Crippen LogP contribution in [-0.2, 0) is 13.1 Å². The van der Waals surface area contributed by atoms with Crippen LogP contribution in [0.2, 0.25) is 0 Å². The zero-order valence-electron chi connectivity index (χ0n) is 11.9. The summed E-state index contributed by atoms with van der Waals surface area (Å²) in [5, 5.41) is 4.93. The number of nitrogens with zero attached hydrogens (tertiary/aromatic N) is 1. The van der Waals surface area contributed by atoms with Gasteiger partial charge in [0.05, 0.1) is 19.4 Å². The number of benzene rings is 1. The number of hydrogen-bond acceptors (Lipinski definition) is 3. The van der Waals surface area contributed by atoms with Crippen LogP contribution in [0.1, 0.15) is 10.6 Å². The fourth-order valence-corrected chi connectivity index (χ4v) is 2.82. The van der Waals surface area contributed by atoms with Crippen LogP contribution in [0.15, 0.2) is 70.7 Å². The molecule has 0 aliphatic carbocycles. The molecule has 0 unspecified atom stereocenters. The highest BCUT2D eigenvalue weighted by Gasteiger charge is 2.16. The topological polar surface area (TPSA) is 45.5 Å². The Balaban J connectivity index is 1.73. The van der Waals surface area contributed by atoms with E-state index in [4.69, 9.17) is 4.42 Å². The summed E-state index contributed by atoms with van der Waals surface area (Å²) in [6, 6.07) is 17.0. The third kappa shape index (κ3) is 3.77. The summed E-state index contributed by atoms with van der Waals surface area (Å²) >= 11 is 1.64. The molecule has 1 N–H and O–H groups in total. The molecule has 22 heavy (non-hydrogen) atoms. The minimum Gasteiger partial charge on any atom is -0.467 e. The maximum absolute atomic E-state index is 12.5. The van der Waals surface area contributed by atoms with Crippen LogP contribution >= 0.6 is 11.3 Å². The molecule has 1 aromatic carbocycles. The number of nitrogens with one attached hydrogen (secondary N) is 1.